The van der Waals surface area contributed by atoms with Crippen LogP contribution in [0.25, 0.3) is 0 Å². The highest BCUT2D eigenvalue weighted by Crippen LogP contribution is 2.16. The molecule has 0 radical (unpaired) electrons. The molecule has 0 bridgehead atoms. The molecule has 1 atom stereocenters. The third-order valence-electron chi connectivity index (χ3n) is 1.54. The Bertz CT molecular complexity index is 132. The van der Waals surface area contributed by atoms with Gasteiger partial charge in [-0.05, 0) is 0 Å². The average Bonchev–Trinajstić information content (AvgIpc) is 2.15. The maximum atomic E-state index is 4.95. The molecule has 1 saturated heterocycles. The minimum absolute atomic E-state index is 0.593. The zero-order valence-electron chi connectivity index (χ0n) is 4.48. The van der Waals surface area contributed by atoms with E-state index in [2.05, 4.69) is 10.8 Å². The molecule has 0 saturated carbocycles. The predicted octanol–water partition coefficient (Wildman–Crippen LogP) is -0.418. The molecule has 8 heavy (non-hydrogen) atoms. The fraction of sp³-hybridized carbons (Fsp3) is 0.600. The zero-order valence-corrected chi connectivity index (χ0v) is 4.48. The van der Waals surface area contributed by atoms with Crippen LogP contribution >= 0.6 is 0 Å². The Balaban J connectivity index is 2.20. The number of nitrogens with one attached hydrogen (secondary N) is 2. The van der Waals surface area contributed by atoms with E-state index in [4.69, 9.17) is 4.84 Å². The van der Waals surface area contributed by atoms with Crippen molar-refractivity contribution in [3.63, 3.8) is 0 Å². The normalized spacial score (nSPS) is 33.0. The second kappa shape index (κ2) is 1.39. The minimum Gasteiger partial charge on any atom is -0.389 e. The van der Waals surface area contributed by atoms with E-state index >= 15 is 0 Å². The van der Waals surface area contributed by atoms with Gasteiger partial charge in [0.1, 0.15) is 0 Å². The Labute approximate surface area is 47.7 Å². The molecule has 3 nitrogen and oxygen atoms in total. The first-order chi connectivity index (χ1) is 3.97. The van der Waals surface area contributed by atoms with Gasteiger partial charge in [0.2, 0.25) is 0 Å². The molecule has 0 aromatic carbocycles. The fourth-order valence-corrected chi connectivity index (χ4v) is 1.03. The maximum Gasteiger partial charge on any atom is 0.0847 e. The number of hydrogen-bond acceptors (Lipinski definition) is 3. The van der Waals surface area contributed by atoms with E-state index in [1.54, 1.807) is 0 Å². The molecule has 1 unspecified atom stereocenters. The highest BCUT2D eigenvalue weighted by Gasteiger charge is 2.24. The average molecular weight is 112 g/mol. The molecule has 0 aromatic heterocycles. The smallest absolute Gasteiger partial charge is 0.0847 e. The molecule has 0 aliphatic carbocycles. The lowest BCUT2D eigenvalue weighted by atomic mass is 10.1. The largest absolute Gasteiger partial charge is 0.389 e. The van der Waals surface area contributed by atoms with Gasteiger partial charge in [0, 0.05) is 18.7 Å². The van der Waals surface area contributed by atoms with Crippen molar-refractivity contribution >= 4 is 0 Å². The molecule has 2 aliphatic rings. The number of rotatable bonds is 0. The highest BCUT2D eigenvalue weighted by atomic mass is 16.7. The quantitative estimate of drug-likeness (QED) is 0.446. The summed E-state index contributed by atoms with van der Waals surface area (Å²) < 4.78 is 0. The molecule has 2 rings (SSSR count). The first kappa shape index (κ1) is 4.21. The molecule has 3 heteroatoms. The monoisotopic (exact) mass is 112 g/mol. The van der Waals surface area contributed by atoms with Crippen molar-refractivity contribution in [3.05, 3.63) is 11.9 Å². The van der Waals surface area contributed by atoms with Crippen molar-refractivity contribution in [3.8, 4) is 0 Å². The SMILES string of the molecule is C1=C2NOCC2CN1. The third kappa shape index (κ3) is 0.419. The predicted molar refractivity (Wildman–Crippen MR) is 28.7 cm³/mol. The van der Waals surface area contributed by atoms with Crippen LogP contribution in [0.3, 0.4) is 0 Å². The molecule has 2 N–H and O–H groups in total. The summed E-state index contributed by atoms with van der Waals surface area (Å²) >= 11 is 0. The molecule has 0 aromatic rings. The van der Waals surface area contributed by atoms with Gasteiger partial charge in [-0.1, -0.05) is 0 Å². The van der Waals surface area contributed by atoms with Crippen LogP contribution < -0.4 is 10.8 Å². The van der Waals surface area contributed by atoms with Crippen LogP contribution in [0.4, 0.5) is 0 Å². The van der Waals surface area contributed by atoms with E-state index in [9.17, 15) is 0 Å². The second-order valence-electron chi connectivity index (χ2n) is 2.12. The van der Waals surface area contributed by atoms with E-state index in [-0.39, 0.29) is 0 Å². The van der Waals surface area contributed by atoms with Crippen molar-refractivity contribution in [2.75, 3.05) is 13.2 Å². The summed E-state index contributed by atoms with van der Waals surface area (Å²) in [4.78, 5) is 4.95. The molecule has 2 heterocycles. The molecule has 44 valence electrons. The lowest BCUT2D eigenvalue weighted by Crippen LogP contribution is -2.10. The second-order valence-corrected chi connectivity index (χ2v) is 2.12. The highest BCUT2D eigenvalue weighted by molar-refractivity contribution is 5.10. The van der Waals surface area contributed by atoms with Gasteiger partial charge in [-0.25, -0.2) is 0 Å². The molecular formula is C5H8N2O. The topological polar surface area (TPSA) is 33.3 Å². The lowest BCUT2D eigenvalue weighted by Gasteiger charge is -1.94. The Hall–Kier alpha value is -0.700. The van der Waals surface area contributed by atoms with E-state index in [0.717, 1.165) is 13.2 Å². The van der Waals surface area contributed by atoms with Crippen LogP contribution in [0.15, 0.2) is 11.9 Å². The molecular weight excluding hydrogens is 104 g/mol. The van der Waals surface area contributed by atoms with Crippen LogP contribution in [0.2, 0.25) is 0 Å². The summed E-state index contributed by atoms with van der Waals surface area (Å²) in [5.41, 5.74) is 4.02. The molecule has 0 amide bonds. The summed E-state index contributed by atoms with van der Waals surface area (Å²) in [5.74, 6) is 0.593. The van der Waals surface area contributed by atoms with Crippen LogP contribution in [-0.4, -0.2) is 13.2 Å². The fourth-order valence-electron chi connectivity index (χ4n) is 1.03. The first-order valence-corrected chi connectivity index (χ1v) is 2.78. The maximum absolute atomic E-state index is 4.95. The summed E-state index contributed by atoms with van der Waals surface area (Å²) in [6.45, 7) is 1.85. The van der Waals surface area contributed by atoms with Crippen LogP contribution in [0.1, 0.15) is 0 Å². The lowest BCUT2D eigenvalue weighted by molar-refractivity contribution is 0.102. The van der Waals surface area contributed by atoms with Gasteiger partial charge in [-0.15, -0.1) is 0 Å². The van der Waals surface area contributed by atoms with Gasteiger partial charge in [0.25, 0.3) is 0 Å². The third-order valence-corrected chi connectivity index (χ3v) is 1.54. The van der Waals surface area contributed by atoms with Crippen molar-refractivity contribution in [2.45, 2.75) is 0 Å². The minimum atomic E-state index is 0.593. The first-order valence-electron chi connectivity index (χ1n) is 2.78. The van der Waals surface area contributed by atoms with E-state index in [1.807, 2.05) is 6.20 Å². The summed E-state index contributed by atoms with van der Waals surface area (Å²) in [6.07, 6.45) is 1.97. The van der Waals surface area contributed by atoms with Gasteiger partial charge < -0.3 is 5.32 Å². The van der Waals surface area contributed by atoms with Gasteiger partial charge in [-0.3, -0.25) is 10.3 Å². The number of hydrogen-bond donors (Lipinski definition) is 2. The van der Waals surface area contributed by atoms with Crippen LogP contribution in [-0.2, 0) is 4.84 Å². The van der Waals surface area contributed by atoms with E-state index in [0.29, 0.717) is 5.92 Å². The van der Waals surface area contributed by atoms with Gasteiger partial charge in [-0.2, -0.15) is 0 Å². The summed E-state index contributed by atoms with van der Waals surface area (Å²) in [5, 5.41) is 3.12. The molecule has 1 fully saturated rings. The molecule has 2 aliphatic heterocycles. The van der Waals surface area contributed by atoms with Gasteiger partial charge in [0.05, 0.1) is 12.3 Å². The van der Waals surface area contributed by atoms with Crippen molar-refractivity contribution < 1.29 is 4.84 Å². The summed E-state index contributed by atoms with van der Waals surface area (Å²) in [6, 6.07) is 0. The molecule has 0 spiro atoms. The van der Waals surface area contributed by atoms with Crippen molar-refractivity contribution in [2.24, 2.45) is 5.92 Å². The number of fused-ring (bicyclic) bond motifs is 1. The number of hydroxylamine groups is 1. The zero-order chi connectivity index (χ0) is 5.40. The Kier molecular flexibility index (Phi) is 0.729. The van der Waals surface area contributed by atoms with Gasteiger partial charge >= 0.3 is 0 Å². The Morgan fingerprint density at radius 1 is 1.75 bits per heavy atom. The van der Waals surface area contributed by atoms with Crippen molar-refractivity contribution in [1.82, 2.24) is 10.8 Å². The standard InChI is InChI=1S/C5H8N2O/c1-4-3-8-7-5(4)2-6-1/h2,4,6-7H,1,3H2. The van der Waals surface area contributed by atoms with Crippen LogP contribution in [0.5, 0.6) is 0 Å². The van der Waals surface area contributed by atoms with E-state index in [1.165, 1.54) is 5.70 Å². The van der Waals surface area contributed by atoms with Gasteiger partial charge in [0.15, 0.2) is 0 Å². The Morgan fingerprint density at radius 3 is 3.62 bits per heavy atom. The van der Waals surface area contributed by atoms with Crippen molar-refractivity contribution in [1.29, 1.82) is 0 Å². The van der Waals surface area contributed by atoms with Crippen LogP contribution in [0, 0.1) is 5.92 Å². The summed E-state index contributed by atoms with van der Waals surface area (Å²) in [7, 11) is 0. The Morgan fingerprint density at radius 2 is 2.75 bits per heavy atom. The van der Waals surface area contributed by atoms with E-state index < -0.39 is 0 Å².